The zero-order valence-electron chi connectivity index (χ0n) is 15.9. The topological polar surface area (TPSA) is 59.8 Å². The summed E-state index contributed by atoms with van der Waals surface area (Å²) in [7, 11) is 0. The van der Waals surface area contributed by atoms with Crippen LogP contribution in [0.15, 0.2) is 48.5 Å². The molecule has 3 aromatic rings. The standard InChI is InChI=1S/C22H22F2N4O/c23-16-7-9-19(24)18(14-16)22(29)25-17-8-11-21-27-26-20(28(21)13-12-17)10-6-15-4-2-1-3-5-15/h1-5,7,9,14,17H,6,8,10-13H2,(H,25,29). The van der Waals surface area contributed by atoms with Crippen molar-refractivity contribution in [1.82, 2.24) is 20.1 Å². The number of fused-ring (bicyclic) bond motifs is 1. The summed E-state index contributed by atoms with van der Waals surface area (Å²) < 4.78 is 29.3. The number of amides is 1. The van der Waals surface area contributed by atoms with Crippen molar-refractivity contribution in [1.29, 1.82) is 0 Å². The summed E-state index contributed by atoms with van der Waals surface area (Å²) in [6.45, 7) is 0.684. The number of carbonyl (C=O) groups excluding carboxylic acids is 1. The summed E-state index contributed by atoms with van der Waals surface area (Å²) in [5, 5.41) is 11.5. The number of aryl methyl sites for hydroxylation is 3. The molecular formula is C22H22F2N4O. The monoisotopic (exact) mass is 396 g/mol. The fourth-order valence-electron chi connectivity index (χ4n) is 3.71. The zero-order chi connectivity index (χ0) is 20.2. The van der Waals surface area contributed by atoms with Crippen LogP contribution in [0.1, 0.15) is 40.4 Å². The fourth-order valence-corrected chi connectivity index (χ4v) is 3.71. The Balaban J connectivity index is 1.39. The van der Waals surface area contributed by atoms with E-state index in [9.17, 15) is 13.6 Å². The Morgan fingerprint density at radius 2 is 1.90 bits per heavy atom. The summed E-state index contributed by atoms with van der Waals surface area (Å²) in [4.78, 5) is 12.4. The van der Waals surface area contributed by atoms with Crippen molar-refractivity contribution in [2.45, 2.75) is 44.7 Å². The first-order chi connectivity index (χ1) is 14.1. The molecule has 0 spiro atoms. The van der Waals surface area contributed by atoms with Gasteiger partial charge in [0.1, 0.15) is 23.3 Å². The van der Waals surface area contributed by atoms with E-state index >= 15 is 0 Å². The lowest BCUT2D eigenvalue weighted by molar-refractivity contribution is 0.0928. The zero-order valence-corrected chi connectivity index (χ0v) is 15.9. The molecule has 1 N–H and O–H groups in total. The van der Waals surface area contributed by atoms with Gasteiger partial charge in [-0.2, -0.15) is 0 Å². The van der Waals surface area contributed by atoms with Crippen LogP contribution in [0.25, 0.3) is 0 Å². The molecule has 1 aliphatic heterocycles. The number of hydrogen-bond acceptors (Lipinski definition) is 3. The number of benzene rings is 2. The first-order valence-corrected chi connectivity index (χ1v) is 9.81. The molecule has 0 saturated carbocycles. The third kappa shape index (κ3) is 4.50. The lowest BCUT2D eigenvalue weighted by atomic mass is 10.1. The highest BCUT2D eigenvalue weighted by atomic mass is 19.1. The van der Waals surface area contributed by atoms with Gasteiger partial charge in [0.25, 0.3) is 5.91 Å². The van der Waals surface area contributed by atoms with E-state index in [1.165, 1.54) is 5.56 Å². The second kappa shape index (κ2) is 8.51. The maximum atomic E-state index is 13.8. The smallest absolute Gasteiger partial charge is 0.254 e. The Hall–Kier alpha value is -3.09. The van der Waals surface area contributed by atoms with Crippen molar-refractivity contribution in [3.63, 3.8) is 0 Å². The molecule has 0 radical (unpaired) electrons. The summed E-state index contributed by atoms with van der Waals surface area (Å²) in [6.07, 6.45) is 3.72. The Kier molecular flexibility index (Phi) is 5.64. The number of halogens is 2. The lowest BCUT2D eigenvalue weighted by Gasteiger charge is -2.16. The van der Waals surface area contributed by atoms with Gasteiger partial charge < -0.3 is 9.88 Å². The average molecular weight is 396 g/mol. The molecule has 1 atom stereocenters. The quantitative estimate of drug-likeness (QED) is 0.718. The van der Waals surface area contributed by atoms with E-state index in [0.29, 0.717) is 25.8 Å². The van der Waals surface area contributed by atoms with Crippen molar-refractivity contribution in [2.24, 2.45) is 0 Å². The molecule has 29 heavy (non-hydrogen) atoms. The molecule has 2 heterocycles. The van der Waals surface area contributed by atoms with E-state index < -0.39 is 17.5 Å². The Morgan fingerprint density at radius 3 is 2.72 bits per heavy atom. The Bertz CT molecular complexity index is 1000. The summed E-state index contributed by atoms with van der Waals surface area (Å²) in [5.74, 6) is -0.104. The first kappa shape index (κ1) is 19.2. The minimum Gasteiger partial charge on any atom is -0.349 e. The van der Waals surface area contributed by atoms with Crippen LogP contribution in [0.5, 0.6) is 0 Å². The second-order valence-electron chi connectivity index (χ2n) is 7.29. The van der Waals surface area contributed by atoms with Gasteiger partial charge in [0, 0.05) is 25.4 Å². The van der Waals surface area contributed by atoms with Crippen molar-refractivity contribution < 1.29 is 13.6 Å². The van der Waals surface area contributed by atoms with E-state index in [1.807, 2.05) is 18.2 Å². The predicted molar refractivity (Wildman–Crippen MR) is 104 cm³/mol. The van der Waals surface area contributed by atoms with E-state index in [0.717, 1.165) is 42.7 Å². The molecule has 5 nitrogen and oxygen atoms in total. The molecule has 0 aliphatic carbocycles. The van der Waals surface area contributed by atoms with Gasteiger partial charge in [-0.1, -0.05) is 30.3 Å². The molecule has 150 valence electrons. The predicted octanol–water partition coefficient (Wildman–Crippen LogP) is 3.48. The SMILES string of the molecule is O=C(NC1CCc2nnc(CCc3ccccc3)n2CC1)c1cc(F)ccc1F. The van der Waals surface area contributed by atoms with Gasteiger partial charge in [-0.05, 0) is 43.0 Å². The maximum absolute atomic E-state index is 13.8. The van der Waals surface area contributed by atoms with E-state index in [4.69, 9.17) is 0 Å². The molecule has 0 fully saturated rings. The van der Waals surface area contributed by atoms with Gasteiger partial charge in [0.15, 0.2) is 0 Å². The highest BCUT2D eigenvalue weighted by molar-refractivity contribution is 5.94. The highest BCUT2D eigenvalue weighted by Crippen LogP contribution is 2.18. The van der Waals surface area contributed by atoms with Crippen LogP contribution >= 0.6 is 0 Å². The van der Waals surface area contributed by atoms with E-state index in [2.05, 4.69) is 32.2 Å². The largest absolute Gasteiger partial charge is 0.349 e. The molecule has 1 amide bonds. The van der Waals surface area contributed by atoms with Crippen LogP contribution in [0, 0.1) is 11.6 Å². The van der Waals surface area contributed by atoms with Crippen molar-refractivity contribution in [3.05, 3.63) is 82.9 Å². The van der Waals surface area contributed by atoms with Gasteiger partial charge in [0.05, 0.1) is 5.56 Å². The molecule has 0 saturated heterocycles. The van der Waals surface area contributed by atoms with Crippen molar-refractivity contribution in [3.8, 4) is 0 Å². The lowest BCUT2D eigenvalue weighted by Crippen LogP contribution is -2.35. The third-order valence-electron chi connectivity index (χ3n) is 5.31. The summed E-state index contributed by atoms with van der Waals surface area (Å²) >= 11 is 0. The second-order valence-corrected chi connectivity index (χ2v) is 7.29. The van der Waals surface area contributed by atoms with Gasteiger partial charge in [-0.3, -0.25) is 4.79 Å². The maximum Gasteiger partial charge on any atom is 0.254 e. The number of hydrogen-bond donors (Lipinski definition) is 1. The third-order valence-corrected chi connectivity index (χ3v) is 5.31. The minimum absolute atomic E-state index is 0.131. The molecule has 4 rings (SSSR count). The minimum atomic E-state index is -0.724. The van der Waals surface area contributed by atoms with Crippen LogP contribution in [0.2, 0.25) is 0 Å². The Morgan fingerprint density at radius 1 is 1.07 bits per heavy atom. The van der Waals surface area contributed by atoms with Gasteiger partial charge in [0.2, 0.25) is 0 Å². The van der Waals surface area contributed by atoms with Crippen molar-refractivity contribution >= 4 is 5.91 Å². The molecule has 7 heteroatoms. The number of nitrogens with one attached hydrogen (secondary N) is 1. The van der Waals surface area contributed by atoms with E-state index in [1.54, 1.807) is 0 Å². The molecule has 1 unspecified atom stereocenters. The fraction of sp³-hybridized carbons (Fsp3) is 0.318. The summed E-state index contributed by atoms with van der Waals surface area (Å²) in [6, 6.07) is 13.0. The summed E-state index contributed by atoms with van der Waals surface area (Å²) in [5.41, 5.74) is 0.984. The normalized spacial score (nSPS) is 16.1. The number of rotatable bonds is 5. The number of aromatic nitrogens is 3. The van der Waals surface area contributed by atoms with Gasteiger partial charge in [-0.15, -0.1) is 10.2 Å². The number of carbonyl (C=O) groups is 1. The van der Waals surface area contributed by atoms with Crippen LogP contribution in [-0.2, 0) is 25.8 Å². The van der Waals surface area contributed by atoms with Crippen LogP contribution in [0.3, 0.4) is 0 Å². The number of nitrogens with zero attached hydrogens (tertiary/aromatic N) is 3. The van der Waals surface area contributed by atoms with Crippen LogP contribution in [0.4, 0.5) is 8.78 Å². The first-order valence-electron chi connectivity index (χ1n) is 9.81. The van der Waals surface area contributed by atoms with E-state index in [-0.39, 0.29) is 11.6 Å². The van der Waals surface area contributed by atoms with Gasteiger partial charge >= 0.3 is 0 Å². The average Bonchev–Trinajstić information content (AvgIpc) is 3.01. The molecule has 0 bridgehead atoms. The molecule has 1 aliphatic rings. The molecular weight excluding hydrogens is 374 g/mol. The highest BCUT2D eigenvalue weighted by Gasteiger charge is 2.23. The van der Waals surface area contributed by atoms with Crippen molar-refractivity contribution in [2.75, 3.05) is 0 Å². The van der Waals surface area contributed by atoms with Crippen LogP contribution in [-0.4, -0.2) is 26.7 Å². The molecule has 1 aromatic heterocycles. The molecule has 2 aromatic carbocycles. The van der Waals surface area contributed by atoms with Gasteiger partial charge in [-0.25, -0.2) is 8.78 Å². The Labute approximate surface area is 167 Å². The van der Waals surface area contributed by atoms with Crippen LogP contribution < -0.4 is 5.32 Å².